The monoisotopic (exact) mass is 264 g/mol. The molecule has 2 rings (SSSR count). The summed E-state index contributed by atoms with van der Waals surface area (Å²) < 4.78 is 5.39. The molecule has 0 radical (unpaired) electrons. The molecule has 6 nitrogen and oxygen atoms in total. The first kappa shape index (κ1) is 13.2. The summed E-state index contributed by atoms with van der Waals surface area (Å²) in [5, 5.41) is 11.6. The van der Waals surface area contributed by atoms with Crippen molar-refractivity contribution in [2.45, 2.75) is 13.3 Å². The van der Waals surface area contributed by atoms with Crippen LogP contribution in [0, 0.1) is 0 Å². The Balaban J connectivity index is 2.11. The van der Waals surface area contributed by atoms with Crippen molar-refractivity contribution < 1.29 is 19.4 Å². The van der Waals surface area contributed by atoms with Crippen molar-refractivity contribution in [1.29, 1.82) is 0 Å². The Bertz CT molecular complexity index is 501. The van der Waals surface area contributed by atoms with E-state index in [-0.39, 0.29) is 18.9 Å². The first-order valence-corrected chi connectivity index (χ1v) is 6.14. The SMILES string of the molecule is CCN1C(=O)COc2cc(NCCC(=O)O)ccc21. The lowest BCUT2D eigenvalue weighted by molar-refractivity contribution is -0.136. The van der Waals surface area contributed by atoms with Crippen LogP contribution in [0.2, 0.25) is 0 Å². The molecule has 0 fully saturated rings. The van der Waals surface area contributed by atoms with Gasteiger partial charge in [-0.05, 0) is 19.1 Å². The molecule has 0 saturated heterocycles. The molecule has 1 aliphatic rings. The fraction of sp³-hybridized carbons (Fsp3) is 0.385. The van der Waals surface area contributed by atoms with Gasteiger partial charge in [-0.3, -0.25) is 9.59 Å². The summed E-state index contributed by atoms with van der Waals surface area (Å²) in [4.78, 5) is 23.7. The van der Waals surface area contributed by atoms with Gasteiger partial charge < -0.3 is 20.1 Å². The Morgan fingerprint density at radius 2 is 2.32 bits per heavy atom. The van der Waals surface area contributed by atoms with E-state index in [1.54, 1.807) is 17.0 Å². The van der Waals surface area contributed by atoms with Gasteiger partial charge in [0.05, 0.1) is 12.1 Å². The second-order valence-electron chi connectivity index (χ2n) is 4.18. The third-order valence-electron chi connectivity index (χ3n) is 2.89. The summed E-state index contributed by atoms with van der Waals surface area (Å²) in [5.41, 5.74) is 1.54. The highest BCUT2D eigenvalue weighted by Gasteiger charge is 2.24. The quantitative estimate of drug-likeness (QED) is 0.838. The molecule has 1 aromatic rings. The second-order valence-corrected chi connectivity index (χ2v) is 4.18. The Labute approximate surface area is 111 Å². The molecule has 1 aliphatic heterocycles. The van der Waals surface area contributed by atoms with Crippen molar-refractivity contribution in [3.63, 3.8) is 0 Å². The summed E-state index contributed by atoms with van der Waals surface area (Å²) in [6, 6.07) is 5.40. The van der Waals surface area contributed by atoms with E-state index in [9.17, 15) is 9.59 Å². The number of hydrogen-bond acceptors (Lipinski definition) is 4. The highest BCUT2D eigenvalue weighted by atomic mass is 16.5. The standard InChI is InChI=1S/C13H16N2O4/c1-2-15-10-4-3-9(14-6-5-13(17)18)7-11(10)19-8-12(15)16/h3-4,7,14H,2,5-6,8H2,1H3,(H,17,18). The van der Waals surface area contributed by atoms with E-state index in [0.717, 1.165) is 11.4 Å². The lowest BCUT2D eigenvalue weighted by Crippen LogP contribution is -2.38. The molecule has 1 heterocycles. The van der Waals surface area contributed by atoms with E-state index in [1.807, 2.05) is 13.0 Å². The van der Waals surface area contributed by atoms with E-state index in [1.165, 1.54) is 0 Å². The topological polar surface area (TPSA) is 78.9 Å². The molecule has 1 aromatic carbocycles. The molecule has 19 heavy (non-hydrogen) atoms. The van der Waals surface area contributed by atoms with Gasteiger partial charge >= 0.3 is 5.97 Å². The molecule has 0 saturated carbocycles. The number of nitrogens with one attached hydrogen (secondary N) is 1. The average molecular weight is 264 g/mol. The van der Waals surface area contributed by atoms with Gasteiger partial charge in [-0.25, -0.2) is 0 Å². The summed E-state index contributed by atoms with van der Waals surface area (Å²) in [6.45, 7) is 2.90. The number of nitrogens with zero attached hydrogens (tertiary/aromatic N) is 1. The number of benzene rings is 1. The van der Waals surface area contributed by atoms with Gasteiger partial charge in [-0.1, -0.05) is 0 Å². The predicted octanol–water partition coefficient (Wildman–Crippen LogP) is 1.32. The zero-order valence-electron chi connectivity index (χ0n) is 10.7. The molecule has 1 amide bonds. The van der Waals surface area contributed by atoms with Gasteiger partial charge in [0, 0.05) is 24.8 Å². The molecule has 0 aromatic heterocycles. The first-order valence-electron chi connectivity index (χ1n) is 6.14. The number of fused-ring (bicyclic) bond motifs is 1. The number of hydrogen-bond donors (Lipinski definition) is 2. The predicted molar refractivity (Wildman–Crippen MR) is 70.7 cm³/mol. The zero-order chi connectivity index (χ0) is 13.8. The van der Waals surface area contributed by atoms with Crippen LogP contribution < -0.4 is 15.0 Å². The van der Waals surface area contributed by atoms with E-state index in [2.05, 4.69) is 5.32 Å². The van der Waals surface area contributed by atoms with Crippen LogP contribution in [-0.4, -0.2) is 36.7 Å². The lowest BCUT2D eigenvalue weighted by Gasteiger charge is -2.28. The maximum absolute atomic E-state index is 11.6. The second kappa shape index (κ2) is 5.60. The Morgan fingerprint density at radius 3 is 3.00 bits per heavy atom. The van der Waals surface area contributed by atoms with Crippen LogP contribution in [-0.2, 0) is 9.59 Å². The molecule has 0 bridgehead atoms. The van der Waals surface area contributed by atoms with E-state index >= 15 is 0 Å². The summed E-state index contributed by atoms with van der Waals surface area (Å²) in [7, 11) is 0. The van der Waals surface area contributed by atoms with Crippen molar-refractivity contribution in [2.24, 2.45) is 0 Å². The number of carbonyl (C=O) groups excluding carboxylic acids is 1. The molecule has 2 N–H and O–H groups in total. The smallest absolute Gasteiger partial charge is 0.305 e. The largest absolute Gasteiger partial charge is 0.481 e. The minimum atomic E-state index is -0.843. The summed E-state index contributed by atoms with van der Waals surface area (Å²) in [6.07, 6.45) is 0.0531. The van der Waals surface area contributed by atoms with Gasteiger partial charge in [0.25, 0.3) is 5.91 Å². The number of ether oxygens (including phenoxy) is 1. The van der Waals surface area contributed by atoms with Gasteiger partial charge in [-0.15, -0.1) is 0 Å². The fourth-order valence-electron chi connectivity index (χ4n) is 1.97. The number of likely N-dealkylation sites (N-methyl/N-ethyl adjacent to an activating group) is 1. The third-order valence-corrected chi connectivity index (χ3v) is 2.89. The number of aliphatic carboxylic acids is 1. The van der Waals surface area contributed by atoms with Crippen LogP contribution in [0.3, 0.4) is 0 Å². The molecule has 102 valence electrons. The minimum Gasteiger partial charge on any atom is -0.481 e. The molecule has 0 aliphatic carbocycles. The van der Waals surface area contributed by atoms with Crippen LogP contribution >= 0.6 is 0 Å². The van der Waals surface area contributed by atoms with Gasteiger partial charge in [0.1, 0.15) is 5.75 Å². The number of carboxylic acids is 1. The number of carboxylic acid groups (broad SMARTS) is 1. The van der Waals surface area contributed by atoms with Gasteiger partial charge in [0.2, 0.25) is 0 Å². The Hall–Kier alpha value is -2.24. The number of rotatable bonds is 5. The summed E-state index contributed by atoms with van der Waals surface area (Å²) >= 11 is 0. The van der Waals surface area contributed by atoms with Crippen LogP contribution in [0.1, 0.15) is 13.3 Å². The van der Waals surface area contributed by atoms with Crippen molar-refractivity contribution in [2.75, 3.05) is 29.9 Å². The fourth-order valence-corrected chi connectivity index (χ4v) is 1.97. The first-order chi connectivity index (χ1) is 9.11. The van der Waals surface area contributed by atoms with Gasteiger partial charge in [0.15, 0.2) is 6.61 Å². The molecular weight excluding hydrogens is 248 g/mol. The normalized spacial score (nSPS) is 13.7. The average Bonchev–Trinajstić information content (AvgIpc) is 2.38. The van der Waals surface area contributed by atoms with Crippen molar-refractivity contribution in [3.05, 3.63) is 18.2 Å². The number of anilines is 2. The maximum Gasteiger partial charge on any atom is 0.305 e. The Kier molecular flexibility index (Phi) is 3.89. The van der Waals surface area contributed by atoms with E-state index in [4.69, 9.17) is 9.84 Å². The number of carbonyl (C=O) groups is 2. The highest BCUT2D eigenvalue weighted by molar-refractivity contribution is 5.98. The van der Waals surface area contributed by atoms with Crippen molar-refractivity contribution >= 4 is 23.3 Å². The Morgan fingerprint density at radius 1 is 1.53 bits per heavy atom. The van der Waals surface area contributed by atoms with Gasteiger partial charge in [-0.2, -0.15) is 0 Å². The van der Waals surface area contributed by atoms with Crippen molar-refractivity contribution in [3.8, 4) is 5.75 Å². The minimum absolute atomic E-state index is 0.0411. The van der Waals surface area contributed by atoms with E-state index < -0.39 is 5.97 Å². The van der Waals surface area contributed by atoms with Crippen molar-refractivity contribution in [1.82, 2.24) is 0 Å². The van der Waals surface area contributed by atoms with E-state index in [0.29, 0.717) is 18.8 Å². The zero-order valence-corrected chi connectivity index (χ0v) is 10.7. The van der Waals surface area contributed by atoms with Crippen LogP contribution in [0.15, 0.2) is 18.2 Å². The summed E-state index contributed by atoms with van der Waals surface area (Å²) in [5.74, 6) is -0.257. The molecule has 0 atom stereocenters. The lowest BCUT2D eigenvalue weighted by atomic mass is 10.2. The third kappa shape index (κ3) is 2.96. The highest BCUT2D eigenvalue weighted by Crippen LogP contribution is 2.34. The number of amides is 1. The molecule has 0 unspecified atom stereocenters. The maximum atomic E-state index is 11.6. The molecule has 0 spiro atoms. The molecule has 6 heteroatoms. The van der Waals surface area contributed by atoms with Crippen LogP contribution in [0.5, 0.6) is 5.75 Å². The molecular formula is C13H16N2O4. The van der Waals surface area contributed by atoms with Crippen LogP contribution in [0.4, 0.5) is 11.4 Å². The van der Waals surface area contributed by atoms with Crippen LogP contribution in [0.25, 0.3) is 0 Å².